The summed E-state index contributed by atoms with van der Waals surface area (Å²) in [5.41, 5.74) is 0. The van der Waals surface area contributed by atoms with E-state index in [1.165, 1.54) is 4.90 Å². The Morgan fingerprint density at radius 3 is 2.29 bits per heavy atom. The quantitative estimate of drug-likeness (QED) is 0.793. The largest absolute Gasteiger partial charge is 0.331 e. The zero-order valence-electron chi connectivity index (χ0n) is 13.2. The van der Waals surface area contributed by atoms with Gasteiger partial charge < -0.3 is 0 Å². The molecule has 0 radical (unpaired) electrons. The lowest BCUT2D eigenvalue weighted by Crippen LogP contribution is -2.61. The van der Waals surface area contributed by atoms with Crippen LogP contribution in [0, 0.1) is 17.8 Å². The van der Waals surface area contributed by atoms with Crippen molar-refractivity contribution in [1.82, 2.24) is 10.2 Å². The van der Waals surface area contributed by atoms with Gasteiger partial charge in [-0.3, -0.25) is 19.8 Å². The Labute approximate surface area is 126 Å². The van der Waals surface area contributed by atoms with Crippen molar-refractivity contribution in [1.29, 1.82) is 0 Å². The number of amides is 4. The van der Waals surface area contributed by atoms with E-state index in [1.807, 2.05) is 6.92 Å². The van der Waals surface area contributed by atoms with Gasteiger partial charge in [0.2, 0.25) is 11.8 Å². The lowest BCUT2D eigenvalue weighted by atomic mass is 9.87. The topological polar surface area (TPSA) is 66.5 Å². The predicted molar refractivity (Wildman–Crippen MR) is 79.4 cm³/mol. The minimum atomic E-state index is -0.660. The van der Waals surface area contributed by atoms with Crippen LogP contribution in [-0.4, -0.2) is 28.8 Å². The van der Waals surface area contributed by atoms with E-state index in [0.29, 0.717) is 5.92 Å². The zero-order valence-corrected chi connectivity index (χ0v) is 13.2. The average molecular weight is 294 g/mol. The average Bonchev–Trinajstić information content (AvgIpc) is 2.89. The molecule has 1 heterocycles. The summed E-state index contributed by atoms with van der Waals surface area (Å²) in [6.45, 7) is 6.13. The number of rotatable bonds is 5. The molecule has 1 saturated heterocycles. The van der Waals surface area contributed by atoms with Gasteiger partial charge in [0, 0.05) is 6.04 Å². The van der Waals surface area contributed by atoms with Crippen molar-refractivity contribution in [3.05, 3.63) is 0 Å². The van der Waals surface area contributed by atoms with Crippen LogP contribution < -0.4 is 5.32 Å². The monoisotopic (exact) mass is 294 g/mol. The number of hydrogen-bond acceptors (Lipinski definition) is 3. The first-order valence-corrected chi connectivity index (χ1v) is 8.09. The number of nitrogens with zero attached hydrogens (tertiary/aromatic N) is 1. The van der Waals surface area contributed by atoms with Gasteiger partial charge in [0.25, 0.3) is 0 Å². The SMILES string of the molecule is CC(C)CCC(C)N1C(=O)NC(=O)C(C2CCCC2)C1=O. The molecule has 1 saturated carbocycles. The Kier molecular flexibility index (Phi) is 5.01. The molecule has 0 aromatic rings. The van der Waals surface area contributed by atoms with Gasteiger partial charge in [-0.25, -0.2) is 4.79 Å². The van der Waals surface area contributed by atoms with E-state index in [-0.39, 0.29) is 17.9 Å². The molecule has 1 N–H and O–H groups in total. The standard InChI is InChI=1S/C16H26N2O3/c1-10(2)8-9-11(3)18-15(20)13(12-6-4-5-7-12)14(19)17-16(18)21/h10-13H,4-9H2,1-3H3,(H,17,19,21). The van der Waals surface area contributed by atoms with Crippen LogP contribution in [0.5, 0.6) is 0 Å². The normalized spacial score (nSPS) is 25.6. The predicted octanol–water partition coefficient (Wildman–Crippen LogP) is 2.70. The van der Waals surface area contributed by atoms with Crippen molar-refractivity contribution in [3.63, 3.8) is 0 Å². The fourth-order valence-corrected chi connectivity index (χ4v) is 3.43. The van der Waals surface area contributed by atoms with Gasteiger partial charge in [-0.1, -0.05) is 26.7 Å². The number of carbonyl (C=O) groups is 3. The Morgan fingerprint density at radius 2 is 1.71 bits per heavy atom. The maximum absolute atomic E-state index is 12.7. The second-order valence-electron chi connectivity index (χ2n) is 6.85. The molecule has 2 unspecified atom stereocenters. The molecule has 2 rings (SSSR count). The first kappa shape index (κ1) is 16.0. The second kappa shape index (κ2) is 6.58. The van der Waals surface area contributed by atoms with E-state index in [2.05, 4.69) is 19.2 Å². The first-order chi connectivity index (χ1) is 9.91. The summed E-state index contributed by atoms with van der Waals surface area (Å²) in [6.07, 6.45) is 5.69. The molecule has 0 aromatic heterocycles. The lowest BCUT2D eigenvalue weighted by Gasteiger charge is -2.36. The molecule has 5 heteroatoms. The van der Waals surface area contributed by atoms with Crippen LogP contribution >= 0.6 is 0 Å². The van der Waals surface area contributed by atoms with Crippen molar-refractivity contribution in [2.24, 2.45) is 17.8 Å². The minimum absolute atomic E-state index is 0.102. The molecular formula is C16H26N2O3. The van der Waals surface area contributed by atoms with Gasteiger partial charge in [-0.05, 0) is 44.4 Å². The van der Waals surface area contributed by atoms with Crippen LogP contribution in [0.4, 0.5) is 4.79 Å². The third kappa shape index (κ3) is 3.44. The van der Waals surface area contributed by atoms with Gasteiger partial charge >= 0.3 is 6.03 Å². The molecule has 0 bridgehead atoms. The molecule has 0 aromatic carbocycles. The first-order valence-electron chi connectivity index (χ1n) is 8.09. The highest BCUT2D eigenvalue weighted by Gasteiger charge is 2.46. The molecule has 5 nitrogen and oxygen atoms in total. The van der Waals surface area contributed by atoms with E-state index < -0.39 is 17.9 Å². The summed E-state index contributed by atoms with van der Waals surface area (Å²) in [5, 5.41) is 2.38. The van der Waals surface area contributed by atoms with Crippen molar-refractivity contribution < 1.29 is 14.4 Å². The van der Waals surface area contributed by atoms with Gasteiger partial charge in [0.05, 0.1) is 0 Å². The highest BCUT2D eigenvalue weighted by Crippen LogP contribution is 2.34. The van der Waals surface area contributed by atoms with Crippen molar-refractivity contribution in [2.45, 2.75) is 65.3 Å². The molecule has 1 aliphatic heterocycles. The van der Waals surface area contributed by atoms with E-state index in [4.69, 9.17) is 0 Å². The van der Waals surface area contributed by atoms with Gasteiger partial charge in [0.15, 0.2) is 0 Å². The smallest absolute Gasteiger partial charge is 0.277 e. The number of barbiturate groups is 1. The summed E-state index contributed by atoms with van der Waals surface area (Å²) in [4.78, 5) is 38.0. The highest BCUT2D eigenvalue weighted by molar-refractivity contribution is 6.16. The Balaban J connectivity index is 2.10. The number of imide groups is 2. The number of hydrogen-bond donors (Lipinski definition) is 1. The Hall–Kier alpha value is -1.39. The number of nitrogens with one attached hydrogen (secondary N) is 1. The van der Waals surface area contributed by atoms with E-state index in [9.17, 15) is 14.4 Å². The third-order valence-electron chi connectivity index (χ3n) is 4.71. The molecule has 4 amide bonds. The van der Waals surface area contributed by atoms with Crippen LogP contribution in [0.2, 0.25) is 0 Å². The lowest BCUT2D eigenvalue weighted by molar-refractivity contribution is -0.146. The van der Waals surface area contributed by atoms with Gasteiger partial charge in [0.1, 0.15) is 5.92 Å². The van der Waals surface area contributed by atoms with Crippen LogP contribution in [0.3, 0.4) is 0 Å². The van der Waals surface area contributed by atoms with Crippen molar-refractivity contribution in [2.75, 3.05) is 0 Å². The maximum Gasteiger partial charge on any atom is 0.331 e. The number of urea groups is 1. The van der Waals surface area contributed by atoms with Crippen molar-refractivity contribution in [3.8, 4) is 0 Å². The second-order valence-corrected chi connectivity index (χ2v) is 6.85. The van der Waals surface area contributed by atoms with E-state index in [0.717, 1.165) is 38.5 Å². The molecule has 0 spiro atoms. The Morgan fingerprint density at radius 1 is 1.10 bits per heavy atom. The molecule has 2 aliphatic rings. The van der Waals surface area contributed by atoms with Gasteiger partial charge in [-0.2, -0.15) is 0 Å². The molecular weight excluding hydrogens is 268 g/mol. The molecule has 118 valence electrons. The summed E-state index contributed by atoms with van der Waals surface area (Å²) < 4.78 is 0. The van der Waals surface area contributed by atoms with Crippen LogP contribution in [0.15, 0.2) is 0 Å². The Bertz CT molecular complexity index is 427. The van der Waals surface area contributed by atoms with Crippen LogP contribution in [-0.2, 0) is 9.59 Å². The third-order valence-corrected chi connectivity index (χ3v) is 4.71. The van der Waals surface area contributed by atoms with Crippen LogP contribution in [0.25, 0.3) is 0 Å². The van der Waals surface area contributed by atoms with E-state index in [1.54, 1.807) is 0 Å². The fraction of sp³-hybridized carbons (Fsp3) is 0.812. The van der Waals surface area contributed by atoms with Crippen molar-refractivity contribution >= 4 is 17.8 Å². The number of carbonyl (C=O) groups excluding carboxylic acids is 3. The minimum Gasteiger partial charge on any atom is -0.277 e. The highest BCUT2D eigenvalue weighted by atomic mass is 16.2. The van der Waals surface area contributed by atoms with Gasteiger partial charge in [-0.15, -0.1) is 0 Å². The van der Waals surface area contributed by atoms with E-state index >= 15 is 0 Å². The zero-order chi connectivity index (χ0) is 15.6. The summed E-state index contributed by atoms with van der Waals surface area (Å²) in [6, 6.07) is -0.701. The fourth-order valence-electron chi connectivity index (χ4n) is 3.43. The summed E-state index contributed by atoms with van der Waals surface area (Å²) in [5.74, 6) is -0.712. The summed E-state index contributed by atoms with van der Waals surface area (Å²) >= 11 is 0. The summed E-state index contributed by atoms with van der Waals surface area (Å²) in [7, 11) is 0. The molecule has 1 aliphatic carbocycles. The molecule has 2 fully saturated rings. The maximum atomic E-state index is 12.7. The molecule has 21 heavy (non-hydrogen) atoms. The molecule has 2 atom stereocenters. The van der Waals surface area contributed by atoms with Crippen LogP contribution in [0.1, 0.15) is 59.3 Å².